The Labute approximate surface area is 128 Å². The Kier molecular flexibility index (Phi) is 3.56. The molecule has 0 aromatic carbocycles. The lowest BCUT2D eigenvalue weighted by Gasteiger charge is -2.27. The molecule has 3 rings (SSSR count). The van der Waals surface area contributed by atoms with Crippen molar-refractivity contribution in [3.8, 4) is 0 Å². The summed E-state index contributed by atoms with van der Waals surface area (Å²) < 4.78 is 5.35. The second-order valence-electron chi connectivity index (χ2n) is 5.74. The van der Waals surface area contributed by atoms with E-state index in [1.807, 2.05) is 19.1 Å². The van der Waals surface area contributed by atoms with Gasteiger partial charge in [-0.1, -0.05) is 5.16 Å². The van der Waals surface area contributed by atoms with Crippen LogP contribution in [0.2, 0.25) is 0 Å². The molecule has 1 amide bonds. The molecular weight excluding hydrogens is 282 g/mol. The van der Waals surface area contributed by atoms with E-state index in [2.05, 4.69) is 25.3 Å². The van der Waals surface area contributed by atoms with E-state index >= 15 is 0 Å². The number of nitrogens with zero attached hydrogens (tertiary/aromatic N) is 4. The molecular formula is C15H19N5O2. The van der Waals surface area contributed by atoms with Gasteiger partial charge >= 0.3 is 0 Å². The van der Waals surface area contributed by atoms with Crippen LogP contribution in [0, 0.1) is 13.8 Å². The molecule has 2 aromatic rings. The van der Waals surface area contributed by atoms with Crippen molar-refractivity contribution in [2.24, 2.45) is 0 Å². The average molecular weight is 301 g/mol. The van der Waals surface area contributed by atoms with Crippen LogP contribution in [0.25, 0.3) is 0 Å². The van der Waals surface area contributed by atoms with Crippen LogP contribution in [0.3, 0.4) is 0 Å². The molecule has 1 aliphatic rings. The van der Waals surface area contributed by atoms with Crippen molar-refractivity contribution in [2.75, 3.05) is 18.0 Å². The quantitative estimate of drug-likeness (QED) is 0.920. The molecule has 3 heterocycles. The van der Waals surface area contributed by atoms with Gasteiger partial charge < -0.3 is 14.7 Å². The second kappa shape index (κ2) is 5.40. The first kappa shape index (κ1) is 14.5. The number of aromatic nitrogens is 3. The maximum absolute atomic E-state index is 11.7. The number of hydrogen-bond acceptors (Lipinski definition) is 6. The van der Waals surface area contributed by atoms with Gasteiger partial charge in [0.15, 0.2) is 5.82 Å². The molecule has 116 valence electrons. The summed E-state index contributed by atoms with van der Waals surface area (Å²) in [4.78, 5) is 22.4. The largest absolute Gasteiger partial charge is 0.368 e. The van der Waals surface area contributed by atoms with Crippen LogP contribution >= 0.6 is 0 Å². The molecule has 0 spiro atoms. The summed E-state index contributed by atoms with van der Waals surface area (Å²) >= 11 is 0. The summed E-state index contributed by atoms with van der Waals surface area (Å²) in [6.07, 6.45) is 2.51. The molecule has 1 unspecified atom stereocenters. The third-order valence-electron chi connectivity index (χ3n) is 3.87. The molecule has 0 saturated carbocycles. The molecule has 1 N–H and O–H groups in total. The minimum absolute atomic E-state index is 0.108. The third-order valence-corrected chi connectivity index (χ3v) is 3.87. The van der Waals surface area contributed by atoms with Crippen molar-refractivity contribution >= 4 is 11.6 Å². The van der Waals surface area contributed by atoms with Gasteiger partial charge in [0.05, 0.1) is 6.54 Å². The number of carbonyl (C=O) groups is 1. The number of aryl methyl sites for hydroxylation is 2. The highest BCUT2D eigenvalue weighted by Gasteiger charge is 2.45. The fourth-order valence-corrected chi connectivity index (χ4v) is 2.92. The zero-order chi connectivity index (χ0) is 15.7. The number of anilines is 1. The Morgan fingerprint density at radius 3 is 2.91 bits per heavy atom. The normalized spacial score (nSPS) is 21.1. The number of rotatable bonds is 3. The van der Waals surface area contributed by atoms with E-state index < -0.39 is 5.54 Å². The molecule has 0 aliphatic carbocycles. The summed E-state index contributed by atoms with van der Waals surface area (Å²) in [5, 5.41) is 6.87. The lowest BCUT2D eigenvalue weighted by molar-refractivity contribution is -0.121. The van der Waals surface area contributed by atoms with E-state index in [0.717, 1.165) is 24.3 Å². The molecule has 0 bridgehead atoms. The number of carbonyl (C=O) groups excluding carboxylic acids is 1. The zero-order valence-electron chi connectivity index (χ0n) is 13.0. The van der Waals surface area contributed by atoms with Gasteiger partial charge in [0.1, 0.15) is 5.54 Å². The molecule has 1 atom stereocenters. The summed E-state index contributed by atoms with van der Waals surface area (Å²) in [6, 6.07) is 4.00. The molecule has 7 heteroatoms. The van der Waals surface area contributed by atoms with Gasteiger partial charge in [0.2, 0.25) is 5.91 Å². The smallest absolute Gasteiger partial charge is 0.254 e. The van der Waals surface area contributed by atoms with Crippen molar-refractivity contribution in [1.82, 2.24) is 20.4 Å². The van der Waals surface area contributed by atoms with E-state index in [4.69, 9.17) is 4.52 Å². The predicted octanol–water partition coefficient (Wildman–Crippen LogP) is 1.32. The number of hydrogen-bond donors (Lipinski definition) is 1. The SMILES string of the molecule is CC(=O)NC1(c2nc(C)no2)CCN(c2ccnc(C)c2)C1. The van der Waals surface area contributed by atoms with Crippen molar-refractivity contribution in [3.63, 3.8) is 0 Å². The van der Waals surface area contributed by atoms with Gasteiger partial charge in [-0.05, 0) is 32.4 Å². The molecule has 1 saturated heterocycles. The Morgan fingerprint density at radius 1 is 1.45 bits per heavy atom. The van der Waals surface area contributed by atoms with Crippen LogP contribution in [-0.2, 0) is 10.3 Å². The highest BCUT2D eigenvalue weighted by molar-refractivity contribution is 5.74. The molecule has 1 aliphatic heterocycles. The van der Waals surface area contributed by atoms with E-state index in [-0.39, 0.29) is 5.91 Å². The first-order chi connectivity index (χ1) is 10.5. The fraction of sp³-hybridized carbons (Fsp3) is 0.467. The Bertz CT molecular complexity index is 699. The first-order valence-electron chi connectivity index (χ1n) is 7.26. The van der Waals surface area contributed by atoms with Gasteiger partial charge in [-0.25, -0.2) is 0 Å². The minimum Gasteiger partial charge on any atom is -0.368 e. The van der Waals surface area contributed by atoms with Crippen LogP contribution in [0.15, 0.2) is 22.9 Å². The maximum atomic E-state index is 11.7. The van der Waals surface area contributed by atoms with Crippen LogP contribution < -0.4 is 10.2 Å². The topological polar surface area (TPSA) is 84.2 Å². The average Bonchev–Trinajstić information content (AvgIpc) is 3.06. The highest BCUT2D eigenvalue weighted by Crippen LogP contribution is 2.34. The lowest BCUT2D eigenvalue weighted by Crippen LogP contribution is -2.47. The number of nitrogens with one attached hydrogen (secondary N) is 1. The van der Waals surface area contributed by atoms with E-state index in [9.17, 15) is 4.79 Å². The molecule has 1 fully saturated rings. The van der Waals surface area contributed by atoms with Gasteiger partial charge in [-0.2, -0.15) is 4.98 Å². The molecule has 0 radical (unpaired) electrons. The van der Waals surface area contributed by atoms with Crippen LogP contribution in [0.5, 0.6) is 0 Å². The van der Waals surface area contributed by atoms with E-state index in [1.54, 1.807) is 13.1 Å². The minimum atomic E-state index is -0.635. The fourth-order valence-electron chi connectivity index (χ4n) is 2.92. The van der Waals surface area contributed by atoms with E-state index in [0.29, 0.717) is 18.3 Å². The maximum Gasteiger partial charge on any atom is 0.254 e. The van der Waals surface area contributed by atoms with Crippen molar-refractivity contribution in [1.29, 1.82) is 0 Å². The van der Waals surface area contributed by atoms with Gasteiger partial charge in [-0.3, -0.25) is 9.78 Å². The van der Waals surface area contributed by atoms with Crippen LogP contribution in [-0.4, -0.2) is 34.1 Å². The summed E-state index contributed by atoms with van der Waals surface area (Å²) in [7, 11) is 0. The van der Waals surface area contributed by atoms with Crippen LogP contribution in [0.1, 0.15) is 30.8 Å². The number of amides is 1. The predicted molar refractivity (Wildman–Crippen MR) is 80.3 cm³/mol. The summed E-state index contributed by atoms with van der Waals surface area (Å²) in [5.74, 6) is 0.926. The van der Waals surface area contributed by atoms with Gasteiger partial charge in [0.25, 0.3) is 5.89 Å². The second-order valence-corrected chi connectivity index (χ2v) is 5.74. The molecule has 7 nitrogen and oxygen atoms in total. The zero-order valence-corrected chi connectivity index (χ0v) is 13.0. The summed E-state index contributed by atoms with van der Waals surface area (Å²) in [6.45, 7) is 6.63. The van der Waals surface area contributed by atoms with Crippen molar-refractivity contribution in [3.05, 3.63) is 35.7 Å². The highest BCUT2D eigenvalue weighted by atomic mass is 16.5. The van der Waals surface area contributed by atoms with Crippen molar-refractivity contribution < 1.29 is 9.32 Å². The first-order valence-corrected chi connectivity index (χ1v) is 7.26. The van der Waals surface area contributed by atoms with Gasteiger partial charge in [-0.15, -0.1) is 0 Å². The molecule has 2 aromatic heterocycles. The monoisotopic (exact) mass is 301 g/mol. The Balaban J connectivity index is 1.91. The Morgan fingerprint density at radius 2 is 2.27 bits per heavy atom. The molecule has 22 heavy (non-hydrogen) atoms. The summed E-state index contributed by atoms with van der Waals surface area (Å²) in [5.41, 5.74) is 1.41. The third kappa shape index (κ3) is 2.66. The number of pyridine rings is 1. The van der Waals surface area contributed by atoms with Crippen LogP contribution in [0.4, 0.5) is 5.69 Å². The van der Waals surface area contributed by atoms with Gasteiger partial charge in [0, 0.05) is 31.0 Å². The van der Waals surface area contributed by atoms with E-state index in [1.165, 1.54) is 6.92 Å². The Hall–Kier alpha value is -2.44. The standard InChI is InChI=1S/C15H19N5O2/c1-10-8-13(4-6-16-10)20-7-5-15(9-20,18-12(3)21)14-17-11(2)19-22-14/h4,6,8H,5,7,9H2,1-3H3,(H,18,21). The lowest BCUT2D eigenvalue weighted by atomic mass is 9.98. The van der Waals surface area contributed by atoms with Crippen molar-refractivity contribution in [2.45, 2.75) is 32.7 Å².